The lowest BCUT2D eigenvalue weighted by molar-refractivity contribution is -0.117. The topological polar surface area (TPSA) is 91.3 Å². The van der Waals surface area contributed by atoms with Gasteiger partial charge in [-0.15, -0.1) is 0 Å². The molecule has 1 heterocycles. The van der Waals surface area contributed by atoms with E-state index in [1.54, 1.807) is 30.3 Å². The zero-order chi connectivity index (χ0) is 21.1. The van der Waals surface area contributed by atoms with Gasteiger partial charge in [-0.2, -0.15) is 10.1 Å². The highest BCUT2D eigenvalue weighted by atomic mass is 16.5. The SMILES string of the molecule is COc1ccc(C)cc1N(C(C)=O)C1=NN(c2ccc(NC(C)=O)cc2)C(=O)C1. The van der Waals surface area contributed by atoms with E-state index in [0.29, 0.717) is 28.6 Å². The number of rotatable bonds is 4. The quantitative estimate of drug-likeness (QED) is 0.863. The fraction of sp³-hybridized carbons (Fsp3) is 0.238. The molecule has 3 amide bonds. The molecule has 2 aromatic carbocycles. The molecule has 0 aromatic heterocycles. The van der Waals surface area contributed by atoms with Crippen LogP contribution in [0, 0.1) is 6.92 Å². The molecule has 150 valence electrons. The number of aryl methyl sites for hydroxylation is 1. The second-order valence-electron chi connectivity index (χ2n) is 6.66. The lowest BCUT2D eigenvalue weighted by atomic mass is 10.1. The molecule has 3 rings (SSSR count). The van der Waals surface area contributed by atoms with Crippen LogP contribution in [0.1, 0.15) is 25.8 Å². The van der Waals surface area contributed by atoms with E-state index in [1.807, 2.05) is 19.1 Å². The van der Waals surface area contributed by atoms with Crippen molar-refractivity contribution in [2.45, 2.75) is 27.2 Å². The highest BCUT2D eigenvalue weighted by Gasteiger charge is 2.32. The number of nitrogens with one attached hydrogen (secondary N) is 1. The van der Waals surface area contributed by atoms with Gasteiger partial charge < -0.3 is 10.1 Å². The lowest BCUT2D eigenvalue weighted by Gasteiger charge is -2.22. The summed E-state index contributed by atoms with van der Waals surface area (Å²) in [5, 5.41) is 8.32. The van der Waals surface area contributed by atoms with Crippen molar-refractivity contribution in [2.24, 2.45) is 5.10 Å². The Bertz CT molecular complexity index is 998. The number of hydrazone groups is 1. The average Bonchev–Trinajstić information content (AvgIpc) is 3.03. The number of benzene rings is 2. The van der Waals surface area contributed by atoms with Crippen LogP contribution in [0.2, 0.25) is 0 Å². The van der Waals surface area contributed by atoms with Crippen LogP contribution in [0.5, 0.6) is 5.75 Å². The standard InChI is InChI=1S/C21H22N4O4/c1-13-5-10-19(29-4)18(11-13)24(15(3)27)20-12-21(28)25(23-20)17-8-6-16(7-9-17)22-14(2)26/h5-11H,12H2,1-4H3,(H,22,26). The van der Waals surface area contributed by atoms with Crippen molar-refractivity contribution in [3.63, 3.8) is 0 Å². The first kappa shape index (κ1) is 20.1. The molecule has 0 saturated carbocycles. The molecule has 2 aromatic rings. The second kappa shape index (κ2) is 8.14. The first-order valence-corrected chi connectivity index (χ1v) is 9.03. The van der Waals surface area contributed by atoms with Gasteiger partial charge in [-0.3, -0.25) is 19.3 Å². The molecule has 0 bridgehead atoms. The zero-order valence-electron chi connectivity index (χ0n) is 16.7. The van der Waals surface area contributed by atoms with E-state index >= 15 is 0 Å². The number of nitrogens with zero attached hydrogens (tertiary/aromatic N) is 3. The van der Waals surface area contributed by atoms with Crippen LogP contribution in [0.3, 0.4) is 0 Å². The van der Waals surface area contributed by atoms with Crippen molar-refractivity contribution in [2.75, 3.05) is 22.3 Å². The number of methoxy groups -OCH3 is 1. The first-order chi connectivity index (χ1) is 13.8. The Hall–Kier alpha value is -3.68. The maximum absolute atomic E-state index is 12.6. The summed E-state index contributed by atoms with van der Waals surface area (Å²) >= 11 is 0. The number of hydrogen-bond donors (Lipinski definition) is 1. The number of hydrogen-bond acceptors (Lipinski definition) is 5. The molecular weight excluding hydrogens is 372 g/mol. The summed E-state index contributed by atoms with van der Waals surface area (Å²) in [6.07, 6.45) is -0.0237. The Morgan fingerprint density at radius 2 is 1.83 bits per heavy atom. The third kappa shape index (κ3) is 4.26. The van der Waals surface area contributed by atoms with Crippen LogP contribution >= 0.6 is 0 Å². The van der Waals surface area contributed by atoms with Crippen molar-refractivity contribution in [3.8, 4) is 5.75 Å². The number of carbonyl (C=O) groups excluding carboxylic acids is 3. The predicted octanol–water partition coefficient (Wildman–Crippen LogP) is 3.07. The summed E-state index contributed by atoms with van der Waals surface area (Å²) in [5.41, 5.74) is 2.64. The third-order valence-corrected chi connectivity index (χ3v) is 4.34. The fourth-order valence-electron chi connectivity index (χ4n) is 3.10. The van der Waals surface area contributed by atoms with Crippen molar-refractivity contribution in [1.29, 1.82) is 0 Å². The van der Waals surface area contributed by atoms with Crippen LogP contribution in [0.15, 0.2) is 47.6 Å². The maximum Gasteiger partial charge on any atom is 0.255 e. The van der Waals surface area contributed by atoms with Gasteiger partial charge in [0.15, 0.2) is 0 Å². The van der Waals surface area contributed by atoms with E-state index < -0.39 is 0 Å². The van der Waals surface area contributed by atoms with Crippen LogP contribution in [0.4, 0.5) is 17.1 Å². The number of carbonyl (C=O) groups is 3. The molecule has 1 aliphatic heterocycles. The van der Waals surface area contributed by atoms with Gasteiger partial charge in [-0.1, -0.05) is 6.07 Å². The number of anilines is 3. The monoisotopic (exact) mass is 394 g/mol. The van der Waals surface area contributed by atoms with E-state index in [1.165, 1.54) is 30.9 Å². The van der Waals surface area contributed by atoms with E-state index in [-0.39, 0.29) is 24.1 Å². The molecule has 29 heavy (non-hydrogen) atoms. The summed E-state index contributed by atoms with van der Waals surface area (Å²) in [4.78, 5) is 37.6. The smallest absolute Gasteiger partial charge is 0.255 e. The van der Waals surface area contributed by atoms with Crippen LogP contribution in [-0.4, -0.2) is 30.7 Å². The Morgan fingerprint density at radius 3 is 2.41 bits per heavy atom. The Morgan fingerprint density at radius 1 is 1.14 bits per heavy atom. The van der Waals surface area contributed by atoms with Gasteiger partial charge in [0, 0.05) is 19.5 Å². The van der Waals surface area contributed by atoms with Crippen LogP contribution in [0.25, 0.3) is 0 Å². The minimum atomic E-state index is -0.275. The van der Waals surface area contributed by atoms with Crippen molar-refractivity contribution in [3.05, 3.63) is 48.0 Å². The van der Waals surface area contributed by atoms with Crippen LogP contribution < -0.4 is 20.0 Å². The van der Waals surface area contributed by atoms with Gasteiger partial charge in [0.05, 0.1) is 24.9 Å². The predicted molar refractivity (Wildman–Crippen MR) is 111 cm³/mol. The zero-order valence-corrected chi connectivity index (χ0v) is 16.7. The number of amides is 3. The lowest BCUT2D eigenvalue weighted by Crippen LogP contribution is -2.35. The normalized spacial score (nSPS) is 13.2. The van der Waals surface area contributed by atoms with Gasteiger partial charge in [-0.05, 0) is 48.9 Å². The molecule has 0 radical (unpaired) electrons. The molecule has 0 spiro atoms. The van der Waals surface area contributed by atoms with Gasteiger partial charge in [0.25, 0.3) is 5.91 Å². The van der Waals surface area contributed by atoms with Crippen molar-refractivity contribution >= 4 is 40.6 Å². The fourth-order valence-corrected chi connectivity index (χ4v) is 3.10. The molecule has 1 aliphatic rings. The molecule has 0 saturated heterocycles. The average molecular weight is 394 g/mol. The third-order valence-electron chi connectivity index (χ3n) is 4.34. The molecule has 0 atom stereocenters. The molecule has 0 unspecified atom stereocenters. The molecule has 0 fully saturated rings. The summed E-state index contributed by atoms with van der Waals surface area (Å²) < 4.78 is 5.39. The first-order valence-electron chi connectivity index (χ1n) is 9.03. The summed E-state index contributed by atoms with van der Waals surface area (Å²) in [6.45, 7) is 4.75. The molecule has 8 heteroatoms. The van der Waals surface area contributed by atoms with Gasteiger partial charge in [0.2, 0.25) is 11.8 Å². The largest absolute Gasteiger partial charge is 0.495 e. The summed E-state index contributed by atoms with van der Waals surface area (Å²) in [5.74, 6) is 0.115. The maximum atomic E-state index is 12.6. The van der Waals surface area contributed by atoms with Crippen molar-refractivity contribution < 1.29 is 19.1 Å². The second-order valence-corrected chi connectivity index (χ2v) is 6.66. The Labute approximate surface area is 168 Å². The van der Waals surface area contributed by atoms with Gasteiger partial charge in [-0.25, -0.2) is 0 Å². The van der Waals surface area contributed by atoms with E-state index in [9.17, 15) is 14.4 Å². The molecule has 8 nitrogen and oxygen atoms in total. The van der Waals surface area contributed by atoms with E-state index in [2.05, 4.69) is 10.4 Å². The highest BCUT2D eigenvalue weighted by molar-refractivity contribution is 6.25. The summed E-state index contributed by atoms with van der Waals surface area (Å²) in [7, 11) is 1.52. The molecule has 1 N–H and O–H groups in total. The number of ether oxygens (including phenoxy) is 1. The van der Waals surface area contributed by atoms with Gasteiger partial charge in [0.1, 0.15) is 11.6 Å². The molecule has 0 aliphatic carbocycles. The van der Waals surface area contributed by atoms with E-state index in [0.717, 1.165) is 5.56 Å². The Balaban J connectivity index is 1.95. The number of amidine groups is 1. The minimum Gasteiger partial charge on any atom is -0.495 e. The van der Waals surface area contributed by atoms with Crippen molar-refractivity contribution in [1.82, 2.24) is 0 Å². The molecular formula is C21H22N4O4. The van der Waals surface area contributed by atoms with E-state index in [4.69, 9.17) is 4.74 Å². The Kier molecular flexibility index (Phi) is 5.63. The highest BCUT2D eigenvalue weighted by Crippen LogP contribution is 2.32. The summed E-state index contributed by atoms with van der Waals surface area (Å²) in [6, 6.07) is 12.2. The van der Waals surface area contributed by atoms with Gasteiger partial charge >= 0.3 is 0 Å². The van der Waals surface area contributed by atoms with Crippen LogP contribution in [-0.2, 0) is 14.4 Å². The minimum absolute atomic E-state index is 0.0237.